The van der Waals surface area contributed by atoms with Crippen LogP contribution in [0.1, 0.15) is 43.7 Å². The van der Waals surface area contributed by atoms with Crippen LogP contribution in [0.25, 0.3) is 0 Å². The number of nitrogens with two attached hydrogens (primary N) is 1. The molecule has 2 nitrogen and oxygen atoms in total. The van der Waals surface area contributed by atoms with Crippen LogP contribution in [0.5, 0.6) is 0 Å². The highest BCUT2D eigenvalue weighted by Gasteiger charge is 2.27. The van der Waals surface area contributed by atoms with Crippen molar-refractivity contribution in [2.45, 2.75) is 44.2 Å². The van der Waals surface area contributed by atoms with E-state index in [1.807, 2.05) is 0 Å². The molecule has 0 bridgehead atoms. The standard InChI is InChI=1S/C14H19Cl2NO.ClH/c15-11-6-10(7-12(16)8-11)13(17)14(18)9-4-2-1-3-5-9;/h6-9,13-14,18H,1-5,17H2;1H/t13-,14+;/m1./s1. The Balaban J connectivity index is 0.00000180. The van der Waals surface area contributed by atoms with Crippen molar-refractivity contribution in [1.82, 2.24) is 0 Å². The summed E-state index contributed by atoms with van der Waals surface area (Å²) in [6, 6.07) is 4.82. The van der Waals surface area contributed by atoms with Gasteiger partial charge in [0.1, 0.15) is 0 Å². The number of hydrogen-bond acceptors (Lipinski definition) is 2. The van der Waals surface area contributed by atoms with E-state index in [0.29, 0.717) is 16.0 Å². The van der Waals surface area contributed by atoms with Crippen molar-refractivity contribution < 1.29 is 5.11 Å². The number of benzene rings is 1. The first-order chi connectivity index (χ1) is 8.58. The second kappa shape index (κ2) is 7.70. The minimum atomic E-state index is -0.514. The van der Waals surface area contributed by atoms with E-state index in [9.17, 15) is 5.11 Å². The Kier molecular flexibility index (Phi) is 6.92. The Morgan fingerprint density at radius 3 is 2.11 bits per heavy atom. The Bertz CT molecular complexity index is 387. The molecule has 0 saturated heterocycles. The van der Waals surface area contributed by atoms with Crippen LogP contribution in [-0.2, 0) is 0 Å². The minimum absolute atomic E-state index is 0. The molecule has 1 aromatic carbocycles. The lowest BCUT2D eigenvalue weighted by Crippen LogP contribution is -2.34. The molecular weight excluding hydrogens is 305 g/mol. The van der Waals surface area contributed by atoms with E-state index in [1.54, 1.807) is 18.2 Å². The third kappa shape index (κ3) is 4.51. The molecule has 2 rings (SSSR count). The van der Waals surface area contributed by atoms with E-state index in [2.05, 4.69) is 0 Å². The molecule has 0 unspecified atom stereocenters. The Labute approximate surface area is 130 Å². The zero-order valence-corrected chi connectivity index (χ0v) is 13.0. The van der Waals surface area contributed by atoms with Gasteiger partial charge in [0.25, 0.3) is 0 Å². The van der Waals surface area contributed by atoms with E-state index in [0.717, 1.165) is 18.4 Å². The molecular formula is C14H20Cl3NO. The van der Waals surface area contributed by atoms with E-state index in [-0.39, 0.29) is 12.4 Å². The van der Waals surface area contributed by atoms with Crippen LogP contribution >= 0.6 is 35.6 Å². The summed E-state index contributed by atoms with van der Waals surface area (Å²) in [5.74, 6) is 0.298. The van der Waals surface area contributed by atoms with Crippen LogP contribution in [0.3, 0.4) is 0 Å². The average molecular weight is 325 g/mol. The molecule has 3 N–H and O–H groups in total. The molecule has 2 atom stereocenters. The van der Waals surface area contributed by atoms with Crippen molar-refractivity contribution >= 4 is 35.6 Å². The highest BCUT2D eigenvalue weighted by Crippen LogP contribution is 2.32. The zero-order chi connectivity index (χ0) is 13.1. The first-order valence-electron chi connectivity index (χ1n) is 6.47. The molecule has 0 spiro atoms. The van der Waals surface area contributed by atoms with Gasteiger partial charge < -0.3 is 10.8 Å². The van der Waals surface area contributed by atoms with E-state index >= 15 is 0 Å². The summed E-state index contributed by atoms with van der Waals surface area (Å²) in [7, 11) is 0. The highest BCUT2D eigenvalue weighted by molar-refractivity contribution is 6.34. The molecule has 0 aliphatic heterocycles. The fourth-order valence-corrected chi connectivity index (χ4v) is 3.28. The molecule has 5 heteroatoms. The molecule has 0 heterocycles. The Hall–Kier alpha value is 0.01000. The van der Waals surface area contributed by atoms with Crippen LogP contribution in [0, 0.1) is 5.92 Å². The first kappa shape index (κ1) is 17.1. The second-order valence-electron chi connectivity index (χ2n) is 5.12. The van der Waals surface area contributed by atoms with Crippen molar-refractivity contribution in [2.75, 3.05) is 0 Å². The average Bonchev–Trinajstić information content (AvgIpc) is 2.37. The molecule has 0 amide bonds. The topological polar surface area (TPSA) is 46.2 Å². The van der Waals surface area contributed by atoms with Gasteiger partial charge in [0.2, 0.25) is 0 Å². The zero-order valence-electron chi connectivity index (χ0n) is 10.7. The number of aliphatic hydroxyl groups excluding tert-OH is 1. The van der Waals surface area contributed by atoms with Crippen molar-refractivity contribution in [2.24, 2.45) is 11.7 Å². The van der Waals surface area contributed by atoms with Gasteiger partial charge in [-0.2, -0.15) is 0 Å². The third-order valence-electron chi connectivity index (χ3n) is 3.77. The molecule has 0 radical (unpaired) electrons. The van der Waals surface area contributed by atoms with Crippen LogP contribution in [0.2, 0.25) is 10.0 Å². The summed E-state index contributed by atoms with van der Waals surface area (Å²) in [5.41, 5.74) is 6.95. The van der Waals surface area contributed by atoms with E-state index in [1.165, 1.54) is 19.3 Å². The number of hydrogen-bond donors (Lipinski definition) is 2. The quantitative estimate of drug-likeness (QED) is 0.868. The molecule has 1 fully saturated rings. The van der Waals surface area contributed by atoms with Gasteiger partial charge in [-0.1, -0.05) is 42.5 Å². The van der Waals surface area contributed by atoms with Gasteiger partial charge in [0.15, 0.2) is 0 Å². The van der Waals surface area contributed by atoms with Crippen LogP contribution in [0.15, 0.2) is 18.2 Å². The fourth-order valence-electron chi connectivity index (χ4n) is 2.73. The van der Waals surface area contributed by atoms with Crippen LogP contribution < -0.4 is 5.73 Å². The molecule has 108 valence electrons. The van der Waals surface area contributed by atoms with Gasteiger partial charge in [-0.15, -0.1) is 12.4 Å². The smallest absolute Gasteiger partial charge is 0.0760 e. The van der Waals surface area contributed by atoms with Gasteiger partial charge in [-0.25, -0.2) is 0 Å². The van der Waals surface area contributed by atoms with Gasteiger partial charge in [0, 0.05) is 10.0 Å². The second-order valence-corrected chi connectivity index (χ2v) is 5.99. The van der Waals surface area contributed by atoms with Gasteiger partial charge in [0.05, 0.1) is 12.1 Å². The predicted octanol–water partition coefficient (Wildman–Crippen LogP) is 4.36. The van der Waals surface area contributed by atoms with Crippen LogP contribution in [0.4, 0.5) is 0 Å². The van der Waals surface area contributed by atoms with Crippen molar-refractivity contribution in [1.29, 1.82) is 0 Å². The van der Waals surface area contributed by atoms with Gasteiger partial charge >= 0.3 is 0 Å². The molecule has 19 heavy (non-hydrogen) atoms. The molecule has 1 saturated carbocycles. The van der Waals surface area contributed by atoms with Gasteiger partial charge in [-0.05, 0) is 42.5 Å². The monoisotopic (exact) mass is 323 g/mol. The van der Waals surface area contributed by atoms with E-state index < -0.39 is 12.1 Å². The summed E-state index contributed by atoms with van der Waals surface area (Å²) in [4.78, 5) is 0. The summed E-state index contributed by atoms with van der Waals surface area (Å²) in [6.45, 7) is 0. The molecule has 0 aromatic heterocycles. The van der Waals surface area contributed by atoms with Crippen molar-refractivity contribution in [3.63, 3.8) is 0 Å². The highest BCUT2D eigenvalue weighted by atomic mass is 35.5. The number of halogens is 3. The Morgan fingerprint density at radius 1 is 1.05 bits per heavy atom. The first-order valence-corrected chi connectivity index (χ1v) is 7.23. The predicted molar refractivity (Wildman–Crippen MR) is 83.2 cm³/mol. The largest absolute Gasteiger partial charge is 0.391 e. The van der Waals surface area contributed by atoms with Crippen molar-refractivity contribution in [3.05, 3.63) is 33.8 Å². The van der Waals surface area contributed by atoms with Crippen molar-refractivity contribution in [3.8, 4) is 0 Å². The summed E-state index contributed by atoms with van der Waals surface area (Å²) in [5, 5.41) is 11.5. The number of rotatable bonds is 3. The molecule has 1 aliphatic carbocycles. The minimum Gasteiger partial charge on any atom is -0.391 e. The maximum absolute atomic E-state index is 10.4. The fraction of sp³-hybridized carbons (Fsp3) is 0.571. The van der Waals surface area contributed by atoms with E-state index in [4.69, 9.17) is 28.9 Å². The lowest BCUT2D eigenvalue weighted by atomic mass is 9.81. The summed E-state index contributed by atoms with van der Waals surface area (Å²) in [6.07, 6.45) is 5.24. The summed E-state index contributed by atoms with van der Waals surface area (Å²) < 4.78 is 0. The van der Waals surface area contributed by atoms with Gasteiger partial charge in [-0.3, -0.25) is 0 Å². The lowest BCUT2D eigenvalue weighted by molar-refractivity contribution is 0.0618. The molecule has 1 aliphatic rings. The maximum Gasteiger partial charge on any atom is 0.0760 e. The SMILES string of the molecule is Cl.N[C@H](c1cc(Cl)cc(Cl)c1)[C@@H](O)C1CCCCC1. The summed E-state index contributed by atoms with van der Waals surface area (Å²) >= 11 is 11.9. The maximum atomic E-state index is 10.4. The third-order valence-corrected chi connectivity index (χ3v) is 4.21. The van der Waals surface area contributed by atoms with Crippen LogP contribution in [-0.4, -0.2) is 11.2 Å². The number of aliphatic hydroxyl groups is 1. The Morgan fingerprint density at radius 2 is 1.58 bits per heavy atom. The lowest BCUT2D eigenvalue weighted by Gasteiger charge is -2.30. The normalized spacial score (nSPS) is 19.6. The molecule has 1 aromatic rings.